The van der Waals surface area contributed by atoms with Crippen LogP contribution in [0.15, 0.2) is 0 Å². The minimum Gasteiger partial charge on any atom is -0.396 e. The molecule has 0 aromatic carbocycles. The Labute approximate surface area is 131 Å². The molecule has 0 fully saturated rings. The maximum absolute atomic E-state index is 9.46. The van der Waals surface area contributed by atoms with Crippen molar-refractivity contribution in [2.45, 2.75) is 79.1 Å². The number of rotatable bonds is 13. The van der Waals surface area contributed by atoms with Crippen molar-refractivity contribution >= 4 is 0 Å². The Balaban J connectivity index is 3.72. The van der Waals surface area contributed by atoms with Crippen molar-refractivity contribution in [1.29, 1.82) is 0 Å². The molecule has 0 bridgehead atoms. The molecule has 3 nitrogen and oxygen atoms in total. The zero-order valence-electron chi connectivity index (χ0n) is 14.7. The molecule has 0 radical (unpaired) electrons. The highest BCUT2D eigenvalue weighted by atomic mass is 16.3. The van der Waals surface area contributed by atoms with Crippen LogP contribution in [-0.4, -0.2) is 35.1 Å². The molecule has 0 spiro atoms. The first kappa shape index (κ1) is 20.9. The Hall–Kier alpha value is -0.120. The summed E-state index contributed by atoms with van der Waals surface area (Å²) < 4.78 is 0. The van der Waals surface area contributed by atoms with Crippen LogP contribution in [0.25, 0.3) is 0 Å². The van der Waals surface area contributed by atoms with Gasteiger partial charge in [-0.3, -0.25) is 0 Å². The summed E-state index contributed by atoms with van der Waals surface area (Å²) in [5.41, 5.74) is 0.0647. The highest BCUT2D eigenvalue weighted by Crippen LogP contribution is 2.26. The molecule has 0 saturated carbocycles. The molecule has 0 aromatic heterocycles. The maximum atomic E-state index is 9.46. The minimum atomic E-state index is 0.0323. The summed E-state index contributed by atoms with van der Waals surface area (Å²) >= 11 is 0. The summed E-state index contributed by atoms with van der Waals surface area (Å²) in [7, 11) is 0. The van der Waals surface area contributed by atoms with Gasteiger partial charge in [-0.1, -0.05) is 53.4 Å². The molecule has 0 atom stereocenters. The van der Waals surface area contributed by atoms with Crippen molar-refractivity contribution in [3.8, 4) is 0 Å². The summed E-state index contributed by atoms with van der Waals surface area (Å²) in [6.45, 7) is 9.17. The van der Waals surface area contributed by atoms with Crippen LogP contribution in [0.4, 0.5) is 0 Å². The third-order valence-electron chi connectivity index (χ3n) is 4.55. The van der Waals surface area contributed by atoms with E-state index in [-0.39, 0.29) is 30.7 Å². The van der Waals surface area contributed by atoms with Gasteiger partial charge in [-0.15, -0.1) is 0 Å². The summed E-state index contributed by atoms with van der Waals surface area (Å²) in [5.74, 6) is 0.416. The molecule has 3 heteroatoms. The Kier molecular flexibility index (Phi) is 10.5. The average molecular weight is 302 g/mol. The van der Waals surface area contributed by atoms with Crippen molar-refractivity contribution < 1.29 is 15.3 Å². The third-order valence-corrected chi connectivity index (χ3v) is 4.55. The highest BCUT2D eigenvalue weighted by Gasteiger charge is 2.17. The largest absolute Gasteiger partial charge is 0.396 e. The van der Waals surface area contributed by atoms with E-state index in [1.165, 1.54) is 0 Å². The standard InChI is InChI=1S/C18H38O3/c1-17(2,14-20)11-7-5-9-16(13-19)10-6-8-12-18(3,4)15-21/h16,19-21H,5-15H2,1-4H3. The van der Waals surface area contributed by atoms with E-state index in [0.717, 1.165) is 51.4 Å². The first-order valence-electron chi connectivity index (χ1n) is 8.59. The smallest absolute Gasteiger partial charge is 0.0482 e. The van der Waals surface area contributed by atoms with Gasteiger partial charge in [0.1, 0.15) is 0 Å². The van der Waals surface area contributed by atoms with Crippen LogP contribution in [0.5, 0.6) is 0 Å². The van der Waals surface area contributed by atoms with Gasteiger partial charge in [0.15, 0.2) is 0 Å². The topological polar surface area (TPSA) is 60.7 Å². The average Bonchev–Trinajstić information content (AvgIpc) is 2.45. The van der Waals surface area contributed by atoms with Crippen LogP contribution >= 0.6 is 0 Å². The van der Waals surface area contributed by atoms with Crippen LogP contribution in [0, 0.1) is 16.7 Å². The Morgan fingerprint density at radius 2 is 1.05 bits per heavy atom. The first-order valence-corrected chi connectivity index (χ1v) is 8.59. The van der Waals surface area contributed by atoms with Crippen molar-refractivity contribution in [2.24, 2.45) is 16.7 Å². The Morgan fingerprint density at radius 1 is 0.667 bits per heavy atom. The molecule has 0 aliphatic heterocycles. The van der Waals surface area contributed by atoms with Gasteiger partial charge in [-0.05, 0) is 42.4 Å². The summed E-state index contributed by atoms with van der Waals surface area (Å²) in [6, 6.07) is 0. The van der Waals surface area contributed by atoms with Crippen molar-refractivity contribution in [2.75, 3.05) is 19.8 Å². The van der Waals surface area contributed by atoms with Gasteiger partial charge in [0.25, 0.3) is 0 Å². The fourth-order valence-electron chi connectivity index (χ4n) is 2.56. The van der Waals surface area contributed by atoms with Gasteiger partial charge < -0.3 is 15.3 Å². The molecule has 0 amide bonds. The summed E-state index contributed by atoms with van der Waals surface area (Å²) in [4.78, 5) is 0. The molecule has 0 rings (SSSR count). The van der Waals surface area contributed by atoms with Crippen molar-refractivity contribution in [3.63, 3.8) is 0 Å². The van der Waals surface area contributed by atoms with E-state index in [4.69, 9.17) is 0 Å². The van der Waals surface area contributed by atoms with Crippen LogP contribution < -0.4 is 0 Å². The monoisotopic (exact) mass is 302 g/mol. The lowest BCUT2D eigenvalue weighted by Gasteiger charge is -2.23. The van der Waals surface area contributed by atoms with E-state index in [1.807, 2.05) is 0 Å². The number of hydrogen-bond donors (Lipinski definition) is 3. The van der Waals surface area contributed by atoms with E-state index in [1.54, 1.807) is 0 Å². The van der Waals surface area contributed by atoms with Crippen molar-refractivity contribution in [3.05, 3.63) is 0 Å². The second-order valence-electron chi connectivity index (χ2n) is 8.18. The Bertz CT molecular complexity index is 225. The van der Waals surface area contributed by atoms with Gasteiger partial charge in [0.05, 0.1) is 0 Å². The van der Waals surface area contributed by atoms with E-state index in [9.17, 15) is 15.3 Å². The van der Waals surface area contributed by atoms with Crippen LogP contribution in [0.1, 0.15) is 79.1 Å². The fourth-order valence-corrected chi connectivity index (χ4v) is 2.56. The molecule has 0 aliphatic rings. The number of aliphatic hydroxyl groups is 3. The molecule has 0 saturated heterocycles. The molecule has 0 unspecified atom stereocenters. The molecule has 0 heterocycles. The lowest BCUT2D eigenvalue weighted by Crippen LogP contribution is -2.17. The van der Waals surface area contributed by atoms with E-state index < -0.39 is 0 Å². The molecule has 21 heavy (non-hydrogen) atoms. The van der Waals surface area contributed by atoms with Crippen LogP contribution in [0.3, 0.4) is 0 Å². The quantitative estimate of drug-likeness (QED) is 0.454. The van der Waals surface area contributed by atoms with Gasteiger partial charge in [0, 0.05) is 19.8 Å². The predicted molar refractivity (Wildman–Crippen MR) is 89.2 cm³/mol. The normalized spacial score (nSPS) is 13.1. The van der Waals surface area contributed by atoms with E-state index in [2.05, 4.69) is 27.7 Å². The third kappa shape index (κ3) is 11.1. The fraction of sp³-hybridized carbons (Fsp3) is 1.00. The molecular weight excluding hydrogens is 264 g/mol. The lowest BCUT2D eigenvalue weighted by atomic mass is 9.85. The molecule has 128 valence electrons. The van der Waals surface area contributed by atoms with Crippen LogP contribution in [0.2, 0.25) is 0 Å². The molecule has 0 aliphatic carbocycles. The van der Waals surface area contributed by atoms with Gasteiger partial charge in [-0.2, -0.15) is 0 Å². The van der Waals surface area contributed by atoms with Crippen LogP contribution in [-0.2, 0) is 0 Å². The number of aliphatic hydroxyl groups excluding tert-OH is 3. The van der Waals surface area contributed by atoms with Gasteiger partial charge in [0.2, 0.25) is 0 Å². The predicted octanol–water partition coefficient (Wildman–Crippen LogP) is 3.75. The zero-order valence-corrected chi connectivity index (χ0v) is 14.7. The molecule has 3 N–H and O–H groups in total. The van der Waals surface area contributed by atoms with E-state index in [0.29, 0.717) is 5.92 Å². The molecule has 0 aromatic rings. The van der Waals surface area contributed by atoms with Crippen molar-refractivity contribution in [1.82, 2.24) is 0 Å². The minimum absolute atomic E-state index is 0.0323. The number of unbranched alkanes of at least 4 members (excludes halogenated alkanes) is 2. The second-order valence-corrected chi connectivity index (χ2v) is 8.18. The van der Waals surface area contributed by atoms with Gasteiger partial charge in [-0.25, -0.2) is 0 Å². The first-order chi connectivity index (χ1) is 9.76. The Morgan fingerprint density at radius 3 is 1.33 bits per heavy atom. The summed E-state index contributed by atoms with van der Waals surface area (Å²) in [6.07, 6.45) is 8.79. The SMILES string of the molecule is CC(C)(CO)CCCCC(CO)CCCCC(C)(C)CO. The number of hydrogen-bond acceptors (Lipinski definition) is 3. The zero-order chi connectivity index (χ0) is 16.4. The van der Waals surface area contributed by atoms with E-state index >= 15 is 0 Å². The highest BCUT2D eigenvalue weighted by molar-refractivity contribution is 4.69. The summed E-state index contributed by atoms with van der Waals surface area (Å²) in [5, 5.41) is 27.9. The lowest BCUT2D eigenvalue weighted by molar-refractivity contribution is 0.141. The maximum Gasteiger partial charge on any atom is 0.0482 e. The second kappa shape index (κ2) is 10.6. The molecular formula is C18H38O3. The van der Waals surface area contributed by atoms with Gasteiger partial charge >= 0.3 is 0 Å².